The molecule has 154 valence electrons. The summed E-state index contributed by atoms with van der Waals surface area (Å²) >= 11 is 0. The minimum absolute atomic E-state index is 0.415. The molecule has 2 saturated heterocycles. The summed E-state index contributed by atoms with van der Waals surface area (Å²) in [6.07, 6.45) is 4.83. The molecule has 2 aliphatic heterocycles. The van der Waals surface area contributed by atoms with E-state index in [0.29, 0.717) is 12.5 Å². The monoisotopic (exact) mass is 398 g/mol. The first-order valence-electron chi connectivity index (χ1n) is 10.0. The molecule has 0 aliphatic carbocycles. The topological polar surface area (TPSA) is 91.7 Å². The maximum atomic E-state index is 10.3. The van der Waals surface area contributed by atoms with Gasteiger partial charge < -0.3 is 24.5 Å². The van der Waals surface area contributed by atoms with Crippen molar-refractivity contribution in [1.29, 1.82) is 0 Å². The summed E-state index contributed by atoms with van der Waals surface area (Å²) < 4.78 is 12.6. The Hall–Kier alpha value is -2.46. The lowest BCUT2D eigenvalue weighted by Crippen LogP contribution is -2.51. The van der Waals surface area contributed by atoms with Gasteiger partial charge in [0.2, 0.25) is 6.41 Å². The number of H-pyrrole nitrogens is 1. The van der Waals surface area contributed by atoms with Crippen LogP contribution < -0.4 is 4.90 Å². The second-order valence-electron chi connectivity index (χ2n) is 7.76. The van der Waals surface area contributed by atoms with Gasteiger partial charge in [-0.25, -0.2) is 4.98 Å². The number of nitrogens with zero attached hydrogens (tertiary/aromatic N) is 5. The van der Waals surface area contributed by atoms with E-state index in [9.17, 15) is 5.11 Å². The molecule has 5 rings (SSSR count). The van der Waals surface area contributed by atoms with Crippen molar-refractivity contribution < 1.29 is 14.6 Å². The van der Waals surface area contributed by atoms with Crippen LogP contribution in [0.25, 0.3) is 22.3 Å². The molecule has 1 atom stereocenters. The molecule has 5 heterocycles. The Morgan fingerprint density at radius 2 is 2.14 bits per heavy atom. The van der Waals surface area contributed by atoms with Crippen molar-refractivity contribution in [3.05, 3.63) is 30.7 Å². The third-order valence-electron chi connectivity index (χ3n) is 5.68. The van der Waals surface area contributed by atoms with Crippen molar-refractivity contribution >= 4 is 16.7 Å². The molecule has 9 heteroatoms. The van der Waals surface area contributed by atoms with Crippen molar-refractivity contribution in [3.8, 4) is 11.3 Å². The van der Waals surface area contributed by atoms with Crippen LogP contribution in [0.5, 0.6) is 0 Å². The van der Waals surface area contributed by atoms with Gasteiger partial charge in [-0.2, -0.15) is 5.10 Å². The first kappa shape index (κ1) is 18.6. The molecule has 2 N–H and O–H groups in total. The Balaban J connectivity index is 1.27. The normalized spacial score (nSPS) is 19.6. The van der Waals surface area contributed by atoms with Gasteiger partial charge in [0.1, 0.15) is 5.65 Å². The van der Waals surface area contributed by atoms with Gasteiger partial charge in [0.05, 0.1) is 31.7 Å². The van der Waals surface area contributed by atoms with E-state index in [4.69, 9.17) is 9.47 Å². The molecule has 0 amide bonds. The number of fused-ring (bicyclic) bond motifs is 1. The Morgan fingerprint density at radius 1 is 1.31 bits per heavy atom. The molecule has 0 spiro atoms. The Bertz CT molecular complexity index is 974. The molecule has 2 aliphatic rings. The number of hydrogen-bond acceptors (Lipinski definition) is 7. The molecule has 9 nitrogen and oxygen atoms in total. The maximum Gasteiger partial charge on any atom is 0.216 e. The average molecular weight is 398 g/mol. The highest BCUT2D eigenvalue weighted by Gasteiger charge is 2.26. The predicted octanol–water partition coefficient (Wildman–Crippen LogP) is 1.02. The van der Waals surface area contributed by atoms with Gasteiger partial charge >= 0.3 is 0 Å². The quantitative estimate of drug-likeness (QED) is 0.599. The number of anilines is 1. The van der Waals surface area contributed by atoms with Crippen molar-refractivity contribution in [2.75, 3.05) is 50.9 Å². The van der Waals surface area contributed by atoms with Crippen LogP contribution in [0.3, 0.4) is 0 Å². The van der Waals surface area contributed by atoms with Gasteiger partial charge in [-0.05, 0) is 12.1 Å². The Kier molecular flexibility index (Phi) is 4.96. The van der Waals surface area contributed by atoms with E-state index in [2.05, 4.69) is 32.1 Å². The highest BCUT2D eigenvalue weighted by Crippen LogP contribution is 2.30. The lowest BCUT2D eigenvalue weighted by molar-refractivity contribution is -0.214. The van der Waals surface area contributed by atoms with Crippen LogP contribution in [-0.2, 0) is 16.5 Å². The van der Waals surface area contributed by atoms with Crippen molar-refractivity contribution in [1.82, 2.24) is 24.6 Å². The molecule has 29 heavy (non-hydrogen) atoms. The Labute approximate surface area is 168 Å². The summed E-state index contributed by atoms with van der Waals surface area (Å²) in [5, 5.41) is 15.7. The van der Waals surface area contributed by atoms with Gasteiger partial charge in [0, 0.05) is 68.2 Å². The zero-order chi connectivity index (χ0) is 19.8. The summed E-state index contributed by atoms with van der Waals surface area (Å²) in [6, 6.07) is 4.20. The van der Waals surface area contributed by atoms with Gasteiger partial charge in [-0.1, -0.05) is 0 Å². The van der Waals surface area contributed by atoms with E-state index >= 15 is 0 Å². The number of rotatable bonds is 6. The third-order valence-corrected chi connectivity index (χ3v) is 5.68. The van der Waals surface area contributed by atoms with Crippen LogP contribution in [0.15, 0.2) is 30.7 Å². The summed E-state index contributed by atoms with van der Waals surface area (Å²) in [6.45, 7) is 5.14. The zero-order valence-corrected chi connectivity index (χ0v) is 16.5. The van der Waals surface area contributed by atoms with E-state index in [1.165, 1.54) is 0 Å². The average Bonchev–Trinajstić information content (AvgIpc) is 3.32. The van der Waals surface area contributed by atoms with Gasteiger partial charge in [-0.15, -0.1) is 0 Å². The summed E-state index contributed by atoms with van der Waals surface area (Å²) in [4.78, 5) is 12.2. The minimum Gasteiger partial charge on any atom is -0.381 e. The number of pyridine rings is 1. The minimum atomic E-state index is -0.848. The number of piperazine rings is 1. The summed E-state index contributed by atoms with van der Waals surface area (Å²) in [5.74, 6) is 0.415. The fraction of sp³-hybridized carbons (Fsp3) is 0.500. The van der Waals surface area contributed by atoms with E-state index in [1.54, 1.807) is 4.68 Å². The van der Waals surface area contributed by atoms with E-state index in [1.807, 2.05) is 30.5 Å². The lowest BCUT2D eigenvalue weighted by atomic mass is 10.1. The van der Waals surface area contributed by atoms with E-state index in [-0.39, 0.29) is 0 Å². The molecule has 3 aromatic rings. The predicted molar refractivity (Wildman–Crippen MR) is 108 cm³/mol. The van der Waals surface area contributed by atoms with E-state index in [0.717, 1.165) is 67.4 Å². The van der Waals surface area contributed by atoms with Crippen molar-refractivity contribution in [2.45, 2.75) is 6.41 Å². The Morgan fingerprint density at radius 3 is 2.83 bits per heavy atom. The highest BCUT2D eigenvalue weighted by molar-refractivity contribution is 5.93. The van der Waals surface area contributed by atoms with Gasteiger partial charge in [0.25, 0.3) is 0 Å². The highest BCUT2D eigenvalue weighted by atomic mass is 16.6. The second-order valence-corrected chi connectivity index (χ2v) is 7.76. The number of aliphatic hydroxyl groups is 1. The van der Waals surface area contributed by atoms with Crippen LogP contribution in [0.4, 0.5) is 5.69 Å². The zero-order valence-electron chi connectivity index (χ0n) is 16.5. The standard InChI is InChI=1S/C20H26N6O3/c1-24-10-15(9-22-24)17-8-16-18(2-3-21-19(16)23-17)25-4-6-26(7-5-25)20(27)29-13-14-11-28-12-14/h2-3,8-10,14,20,27H,4-7,11-13H2,1H3,(H,21,23). The maximum absolute atomic E-state index is 10.3. The number of hydrogen-bond donors (Lipinski definition) is 2. The molecule has 0 radical (unpaired) electrons. The van der Waals surface area contributed by atoms with Crippen LogP contribution in [0.1, 0.15) is 0 Å². The fourth-order valence-corrected chi connectivity index (χ4v) is 3.90. The summed E-state index contributed by atoms with van der Waals surface area (Å²) in [7, 11) is 1.91. The molecule has 2 fully saturated rings. The van der Waals surface area contributed by atoms with Gasteiger partial charge in [-0.3, -0.25) is 9.58 Å². The molecule has 3 aromatic heterocycles. The lowest BCUT2D eigenvalue weighted by Gasteiger charge is -2.38. The molecule has 1 unspecified atom stereocenters. The van der Waals surface area contributed by atoms with Crippen LogP contribution in [0.2, 0.25) is 0 Å². The van der Waals surface area contributed by atoms with Crippen molar-refractivity contribution in [2.24, 2.45) is 13.0 Å². The molecule has 0 bridgehead atoms. The van der Waals surface area contributed by atoms with Crippen LogP contribution >= 0.6 is 0 Å². The van der Waals surface area contributed by atoms with Gasteiger partial charge in [0.15, 0.2) is 0 Å². The first-order chi connectivity index (χ1) is 14.2. The number of aryl methyl sites for hydroxylation is 1. The molecule has 0 saturated carbocycles. The third kappa shape index (κ3) is 3.74. The van der Waals surface area contributed by atoms with Crippen molar-refractivity contribution in [3.63, 3.8) is 0 Å². The SMILES string of the molecule is Cn1cc(-c2cc3c(N4CCN(C(O)OCC5COC5)CC4)ccnc3[nH]2)cn1. The fourth-order valence-electron chi connectivity index (χ4n) is 3.90. The summed E-state index contributed by atoms with van der Waals surface area (Å²) in [5.41, 5.74) is 4.08. The number of ether oxygens (including phenoxy) is 2. The molecular weight excluding hydrogens is 372 g/mol. The van der Waals surface area contributed by atoms with Crippen LogP contribution in [-0.4, -0.2) is 82.2 Å². The second kappa shape index (κ2) is 7.75. The largest absolute Gasteiger partial charge is 0.381 e. The number of aromatic nitrogens is 4. The molecule has 0 aromatic carbocycles. The first-order valence-corrected chi connectivity index (χ1v) is 10.0. The van der Waals surface area contributed by atoms with Crippen LogP contribution in [0, 0.1) is 5.92 Å². The number of aromatic amines is 1. The number of nitrogens with one attached hydrogen (secondary N) is 1. The number of aliphatic hydroxyl groups excluding tert-OH is 1. The molecular formula is C20H26N6O3. The van der Waals surface area contributed by atoms with E-state index < -0.39 is 6.41 Å². The smallest absolute Gasteiger partial charge is 0.216 e.